The van der Waals surface area contributed by atoms with Gasteiger partial charge in [-0.2, -0.15) is 5.26 Å². The second kappa shape index (κ2) is 10.1. The minimum atomic E-state index is -0.471. The van der Waals surface area contributed by atoms with Gasteiger partial charge in [0.25, 0.3) is 11.5 Å². The van der Waals surface area contributed by atoms with Crippen molar-refractivity contribution in [2.45, 2.75) is 6.92 Å². The van der Waals surface area contributed by atoms with Crippen LogP contribution in [0.25, 0.3) is 17.3 Å². The van der Waals surface area contributed by atoms with Gasteiger partial charge in [-0.3, -0.25) is 14.2 Å². The Hall–Kier alpha value is -3.61. The number of amides is 1. The standard InChI is InChI=1S/C25H22F2N4O2S/c1-2-29-11-13-30(14-12-29)23(32)21(16-28)25-31(20-9-7-19(27)8-10-20)24(33)22(34-25)15-17-3-5-18(26)6-4-17/h3-10,15H,2,11-14H2,1H3/b22-15-,25-21+. The first kappa shape index (κ1) is 23.5. The van der Waals surface area contributed by atoms with Gasteiger partial charge in [0.1, 0.15) is 22.4 Å². The number of nitrogens with zero attached hydrogens (tertiary/aromatic N) is 4. The number of carbonyl (C=O) groups is 1. The molecule has 0 radical (unpaired) electrons. The molecular weight excluding hydrogens is 458 g/mol. The molecule has 0 atom stereocenters. The molecule has 34 heavy (non-hydrogen) atoms. The monoisotopic (exact) mass is 480 g/mol. The van der Waals surface area contributed by atoms with Crippen molar-refractivity contribution in [1.29, 1.82) is 5.26 Å². The SMILES string of the molecule is CCN1CCN(C(=O)/C(C#N)=c2/s/c(=C\c3ccc(F)cc3)c(=O)n2-c2ccc(F)cc2)CC1. The third-order valence-corrected chi connectivity index (χ3v) is 6.81. The number of benzene rings is 2. The van der Waals surface area contributed by atoms with Crippen LogP contribution in [0.2, 0.25) is 0 Å². The molecule has 0 N–H and O–H groups in total. The number of hydrogen-bond donors (Lipinski definition) is 0. The lowest BCUT2D eigenvalue weighted by molar-refractivity contribution is -0.126. The minimum Gasteiger partial charge on any atom is -0.335 e. The van der Waals surface area contributed by atoms with E-state index >= 15 is 0 Å². The number of nitriles is 1. The van der Waals surface area contributed by atoms with Crippen molar-refractivity contribution in [3.63, 3.8) is 0 Å². The molecule has 0 spiro atoms. The van der Waals surface area contributed by atoms with Crippen molar-refractivity contribution in [2.75, 3.05) is 32.7 Å². The van der Waals surface area contributed by atoms with E-state index in [1.807, 2.05) is 6.07 Å². The van der Waals surface area contributed by atoms with Gasteiger partial charge in [0.15, 0.2) is 5.57 Å². The van der Waals surface area contributed by atoms with Crippen molar-refractivity contribution < 1.29 is 13.6 Å². The lowest BCUT2D eigenvalue weighted by atomic mass is 10.2. The molecule has 3 aromatic rings. The molecule has 1 aliphatic rings. The first-order valence-electron chi connectivity index (χ1n) is 10.8. The highest BCUT2D eigenvalue weighted by Crippen LogP contribution is 2.10. The molecule has 4 rings (SSSR count). The second-order valence-corrected chi connectivity index (χ2v) is 8.83. The van der Waals surface area contributed by atoms with E-state index < -0.39 is 23.1 Å². The van der Waals surface area contributed by atoms with Crippen molar-refractivity contribution in [1.82, 2.24) is 14.4 Å². The highest BCUT2D eigenvalue weighted by atomic mass is 32.1. The zero-order chi connectivity index (χ0) is 24.2. The van der Waals surface area contributed by atoms with Gasteiger partial charge >= 0.3 is 0 Å². The topological polar surface area (TPSA) is 69.3 Å². The Labute approximate surface area is 198 Å². The summed E-state index contributed by atoms with van der Waals surface area (Å²) in [7, 11) is 0. The summed E-state index contributed by atoms with van der Waals surface area (Å²) in [5, 5.41) is 9.95. The van der Waals surface area contributed by atoms with Crippen molar-refractivity contribution in [2.24, 2.45) is 0 Å². The predicted molar refractivity (Wildman–Crippen MR) is 127 cm³/mol. The molecule has 1 fully saturated rings. The smallest absolute Gasteiger partial charge is 0.273 e. The maximum Gasteiger partial charge on any atom is 0.273 e. The molecule has 0 bridgehead atoms. The number of carbonyl (C=O) groups excluding carboxylic acids is 1. The Morgan fingerprint density at radius 3 is 2.18 bits per heavy atom. The number of hydrogen-bond acceptors (Lipinski definition) is 5. The van der Waals surface area contributed by atoms with Crippen LogP contribution in [0.4, 0.5) is 8.78 Å². The van der Waals surface area contributed by atoms with Gasteiger partial charge in [0.2, 0.25) is 0 Å². The van der Waals surface area contributed by atoms with Gasteiger partial charge in [-0.25, -0.2) is 8.78 Å². The summed E-state index contributed by atoms with van der Waals surface area (Å²) in [4.78, 5) is 30.5. The lowest BCUT2D eigenvalue weighted by Crippen LogP contribution is -2.49. The van der Waals surface area contributed by atoms with Gasteiger partial charge in [-0.1, -0.05) is 19.1 Å². The molecule has 2 heterocycles. The van der Waals surface area contributed by atoms with E-state index in [0.29, 0.717) is 37.4 Å². The second-order valence-electron chi connectivity index (χ2n) is 7.80. The van der Waals surface area contributed by atoms with Gasteiger partial charge in [0.05, 0.1) is 10.2 Å². The average molecular weight is 481 g/mol. The molecule has 2 aromatic carbocycles. The van der Waals surface area contributed by atoms with Crippen LogP contribution < -0.4 is 14.8 Å². The van der Waals surface area contributed by atoms with Crippen molar-refractivity contribution in [3.05, 3.63) is 85.3 Å². The van der Waals surface area contributed by atoms with E-state index in [1.165, 1.54) is 53.1 Å². The Kier molecular flexibility index (Phi) is 7.01. The molecule has 0 aliphatic carbocycles. The van der Waals surface area contributed by atoms with Crippen LogP contribution in [0, 0.1) is 23.0 Å². The van der Waals surface area contributed by atoms with E-state index in [9.17, 15) is 23.6 Å². The molecule has 6 nitrogen and oxygen atoms in total. The fraction of sp³-hybridized carbons (Fsp3) is 0.240. The van der Waals surface area contributed by atoms with Crippen LogP contribution in [0.15, 0.2) is 53.3 Å². The Morgan fingerprint density at radius 1 is 1.03 bits per heavy atom. The average Bonchev–Trinajstić information content (AvgIpc) is 3.17. The van der Waals surface area contributed by atoms with Crippen LogP contribution in [0.3, 0.4) is 0 Å². The highest BCUT2D eigenvalue weighted by molar-refractivity contribution is 7.07. The van der Waals surface area contributed by atoms with Crippen molar-refractivity contribution in [3.8, 4) is 11.8 Å². The molecule has 1 aromatic heterocycles. The maximum absolute atomic E-state index is 13.5. The van der Waals surface area contributed by atoms with E-state index in [2.05, 4.69) is 11.8 Å². The van der Waals surface area contributed by atoms with E-state index in [4.69, 9.17) is 0 Å². The molecule has 1 aliphatic heterocycles. The summed E-state index contributed by atoms with van der Waals surface area (Å²) in [6.07, 6.45) is 1.58. The predicted octanol–water partition coefficient (Wildman–Crippen LogP) is 1.84. The van der Waals surface area contributed by atoms with Gasteiger partial charge in [-0.15, -0.1) is 11.3 Å². The van der Waals surface area contributed by atoms with E-state index in [0.717, 1.165) is 17.9 Å². The fourth-order valence-corrected chi connectivity index (χ4v) is 4.89. The molecular formula is C25H22F2N4O2S. The van der Waals surface area contributed by atoms with Crippen LogP contribution >= 0.6 is 11.3 Å². The number of piperazine rings is 1. The third kappa shape index (κ3) is 4.83. The van der Waals surface area contributed by atoms with Gasteiger partial charge in [0, 0.05) is 26.2 Å². The summed E-state index contributed by atoms with van der Waals surface area (Å²) < 4.78 is 28.5. The molecule has 1 amide bonds. The van der Waals surface area contributed by atoms with Crippen LogP contribution in [0.5, 0.6) is 0 Å². The lowest BCUT2D eigenvalue weighted by Gasteiger charge is -2.33. The normalized spacial score (nSPS) is 15.8. The summed E-state index contributed by atoms with van der Waals surface area (Å²) >= 11 is 1.00. The Morgan fingerprint density at radius 2 is 1.62 bits per heavy atom. The summed E-state index contributed by atoms with van der Waals surface area (Å²) in [5.41, 5.74) is 0.341. The number of thiazole rings is 1. The molecule has 174 valence electrons. The van der Waals surface area contributed by atoms with Crippen LogP contribution in [-0.2, 0) is 4.79 Å². The zero-order valence-electron chi connectivity index (χ0n) is 18.5. The summed E-state index contributed by atoms with van der Waals surface area (Å²) in [5.74, 6) is -1.31. The maximum atomic E-state index is 13.5. The quantitative estimate of drug-likeness (QED) is 0.572. The largest absolute Gasteiger partial charge is 0.335 e. The number of aromatic nitrogens is 1. The Balaban J connectivity index is 1.90. The number of halogens is 2. The number of likely N-dealkylation sites (N-methyl/N-ethyl adjacent to an activating group) is 1. The zero-order valence-corrected chi connectivity index (χ0v) is 19.3. The van der Waals surface area contributed by atoms with Crippen LogP contribution in [0.1, 0.15) is 12.5 Å². The molecule has 0 unspecified atom stereocenters. The summed E-state index contributed by atoms with van der Waals surface area (Å²) in [6.45, 7) is 5.32. The third-order valence-electron chi connectivity index (χ3n) is 5.72. The van der Waals surface area contributed by atoms with E-state index in [-0.39, 0.29) is 14.8 Å². The van der Waals surface area contributed by atoms with Gasteiger partial charge < -0.3 is 9.80 Å². The van der Waals surface area contributed by atoms with E-state index in [1.54, 1.807) is 11.0 Å². The van der Waals surface area contributed by atoms with Gasteiger partial charge in [-0.05, 0) is 54.6 Å². The first-order valence-corrected chi connectivity index (χ1v) is 11.6. The number of rotatable bonds is 4. The van der Waals surface area contributed by atoms with Crippen molar-refractivity contribution >= 4 is 28.9 Å². The first-order chi connectivity index (χ1) is 16.4. The highest BCUT2D eigenvalue weighted by Gasteiger charge is 2.25. The Bertz CT molecular complexity index is 1410. The fourth-order valence-electron chi connectivity index (χ4n) is 3.80. The molecule has 1 saturated heterocycles. The molecule has 9 heteroatoms. The molecule has 0 saturated carbocycles. The summed E-state index contributed by atoms with van der Waals surface area (Å²) in [6, 6.07) is 12.9. The minimum absolute atomic E-state index is 0.143. The van der Waals surface area contributed by atoms with Crippen LogP contribution in [-0.4, -0.2) is 53.0 Å².